The summed E-state index contributed by atoms with van der Waals surface area (Å²) in [6, 6.07) is 18.0. The quantitative estimate of drug-likeness (QED) is 0.255. The second-order valence-corrected chi connectivity index (χ2v) is 8.36. The van der Waals surface area contributed by atoms with Crippen molar-refractivity contribution >= 4 is 50.0 Å². The summed E-state index contributed by atoms with van der Waals surface area (Å²) in [5.41, 5.74) is 4.74. The van der Waals surface area contributed by atoms with E-state index in [2.05, 4.69) is 37.9 Å². The molecule has 2 aromatic carbocycles. The molecule has 0 saturated heterocycles. The largest absolute Gasteiger partial charge is 0.462 e. The standard InChI is InChI=1S/C24H19Br2NO2/c1-2-29-24(28)22(15-27)23-18(13-16-3-9-20(25)10-4-16)7-8-19(23)14-17-5-11-21(26)12-6-17/h3-6,9-14H,2,7-8H2,1H3/b18-13+,19-14?,23-22?. The molecule has 0 amide bonds. The zero-order valence-corrected chi connectivity index (χ0v) is 19.1. The van der Waals surface area contributed by atoms with E-state index in [-0.39, 0.29) is 12.2 Å². The predicted octanol–water partition coefficient (Wildman–Crippen LogP) is 6.86. The summed E-state index contributed by atoms with van der Waals surface area (Å²) in [6.45, 7) is 1.97. The van der Waals surface area contributed by atoms with E-state index in [0.29, 0.717) is 5.57 Å². The van der Waals surface area contributed by atoms with Gasteiger partial charge in [0.1, 0.15) is 11.6 Å². The maximum absolute atomic E-state index is 12.5. The molecule has 5 heteroatoms. The minimum absolute atomic E-state index is 0.0658. The number of esters is 1. The Labute approximate surface area is 187 Å². The summed E-state index contributed by atoms with van der Waals surface area (Å²) >= 11 is 6.89. The van der Waals surface area contributed by atoms with Crippen LogP contribution in [-0.4, -0.2) is 12.6 Å². The highest BCUT2D eigenvalue weighted by Gasteiger charge is 2.27. The number of ether oxygens (including phenoxy) is 1. The highest BCUT2D eigenvalue weighted by Crippen LogP contribution is 2.40. The Bertz CT molecular complexity index is 974. The molecule has 1 fully saturated rings. The number of allylic oxidation sites excluding steroid dienone is 3. The Kier molecular flexibility index (Phi) is 7.24. The third-order valence-electron chi connectivity index (χ3n) is 4.57. The van der Waals surface area contributed by atoms with E-state index in [1.54, 1.807) is 6.92 Å². The highest BCUT2D eigenvalue weighted by atomic mass is 79.9. The van der Waals surface area contributed by atoms with Crippen LogP contribution in [0.25, 0.3) is 12.2 Å². The fraction of sp³-hybridized carbons (Fsp3) is 0.167. The van der Waals surface area contributed by atoms with Gasteiger partial charge in [-0.25, -0.2) is 4.79 Å². The van der Waals surface area contributed by atoms with Gasteiger partial charge in [0.25, 0.3) is 0 Å². The molecule has 0 unspecified atom stereocenters. The van der Waals surface area contributed by atoms with E-state index in [4.69, 9.17) is 4.74 Å². The molecule has 1 saturated carbocycles. The second kappa shape index (κ2) is 9.87. The van der Waals surface area contributed by atoms with Gasteiger partial charge in [0.2, 0.25) is 0 Å². The van der Waals surface area contributed by atoms with Gasteiger partial charge < -0.3 is 4.74 Å². The average molecular weight is 513 g/mol. The topological polar surface area (TPSA) is 50.1 Å². The summed E-state index contributed by atoms with van der Waals surface area (Å²) in [7, 11) is 0. The first-order valence-corrected chi connectivity index (χ1v) is 10.8. The molecule has 0 heterocycles. The Morgan fingerprint density at radius 1 is 0.966 bits per heavy atom. The van der Waals surface area contributed by atoms with Gasteiger partial charge in [-0.2, -0.15) is 5.26 Å². The fourth-order valence-corrected chi connectivity index (χ4v) is 3.79. The first-order chi connectivity index (χ1) is 14.0. The van der Waals surface area contributed by atoms with Crippen LogP contribution in [0.5, 0.6) is 0 Å². The van der Waals surface area contributed by atoms with E-state index in [1.165, 1.54) is 0 Å². The zero-order chi connectivity index (χ0) is 20.8. The van der Waals surface area contributed by atoms with Crippen molar-refractivity contribution in [3.05, 3.63) is 90.9 Å². The fourth-order valence-electron chi connectivity index (χ4n) is 3.26. The number of carbonyl (C=O) groups is 1. The molecular weight excluding hydrogens is 494 g/mol. The Morgan fingerprint density at radius 2 is 1.41 bits per heavy atom. The summed E-state index contributed by atoms with van der Waals surface area (Å²) in [6.07, 6.45) is 5.61. The van der Waals surface area contributed by atoms with Gasteiger partial charge >= 0.3 is 5.97 Å². The summed E-state index contributed by atoms with van der Waals surface area (Å²) in [5, 5.41) is 9.75. The van der Waals surface area contributed by atoms with Crippen LogP contribution in [0.2, 0.25) is 0 Å². The van der Waals surface area contributed by atoms with Crippen LogP contribution >= 0.6 is 31.9 Å². The molecule has 0 aromatic heterocycles. The number of nitrogens with zero attached hydrogens (tertiary/aromatic N) is 1. The second-order valence-electron chi connectivity index (χ2n) is 6.52. The smallest absolute Gasteiger partial charge is 0.349 e. The third kappa shape index (κ3) is 5.35. The molecular formula is C24H19Br2NO2. The highest BCUT2D eigenvalue weighted by molar-refractivity contribution is 9.10. The van der Waals surface area contributed by atoms with Crippen molar-refractivity contribution in [3.63, 3.8) is 0 Å². The molecule has 1 aliphatic rings. The van der Waals surface area contributed by atoms with Crippen LogP contribution in [0.15, 0.2) is 79.8 Å². The van der Waals surface area contributed by atoms with E-state index in [0.717, 1.165) is 44.1 Å². The van der Waals surface area contributed by atoms with E-state index < -0.39 is 5.97 Å². The first-order valence-electron chi connectivity index (χ1n) is 9.26. The van der Waals surface area contributed by atoms with Gasteiger partial charge in [-0.05, 0) is 66.3 Å². The van der Waals surface area contributed by atoms with Crippen molar-refractivity contribution in [2.45, 2.75) is 19.8 Å². The number of carbonyl (C=O) groups excluding carboxylic acids is 1. The van der Waals surface area contributed by atoms with Gasteiger partial charge in [0.05, 0.1) is 6.61 Å². The van der Waals surface area contributed by atoms with Crippen LogP contribution < -0.4 is 0 Å². The lowest BCUT2D eigenvalue weighted by atomic mass is 9.97. The lowest BCUT2D eigenvalue weighted by Crippen LogP contribution is -2.09. The van der Waals surface area contributed by atoms with Crippen molar-refractivity contribution < 1.29 is 9.53 Å². The maximum atomic E-state index is 12.5. The number of benzene rings is 2. The Hall–Kier alpha value is -2.42. The Balaban J connectivity index is 2.12. The molecule has 3 nitrogen and oxygen atoms in total. The normalized spacial score (nSPS) is 18.0. The van der Waals surface area contributed by atoms with Crippen LogP contribution in [-0.2, 0) is 9.53 Å². The summed E-state index contributed by atoms with van der Waals surface area (Å²) in [4.78, 5) is 12.5. The number of rotatable bonds is 4. The van der Waals surface area contributed by atoms with E-state index in [1.807, 2.05) is 60.7 Å². The summed E-state index contributed by atoms with van der Waals surface area (Å²) < 4.78 is 7.15. The molecule has 0 aliphatic heterocycles. The van der Waals surface area contributed by atoms with Crippen LogP contribution in [0.4, 0.5) is 0 Å². The number of halogens is 2. The first kappa shape index (κ1) is 21.3. The minimum atomic E-state index is -0.574. The molecule has 146 valence electrons. The molecule has 1 aliphatic carbocycles. The van der Waals surface area contributed by atoms with Crippen molar-refractivity contribution in [2.24, 2.45) is 0 Å². The molecule has 0 bridgehead atoms. The van der Waals surface area contributed by atoms with Gasteiger partial charge in [0, 0.05) is 14.5 Å². The molecule has 2 aromatic rings. The van der Waals surface area contributed by atoms with Crippen molar-refractivity contribution in [3.8, 4) is 6.07 Å². The van der Waals surface area contributed by atoms with Gasteiger partial charge in [-0.1, -0.05) is 68.3 Å². The lowest BCUT2D eigenvalue weighted by Gasteiger charge is -2.09. The monoisotopic (exact) mass is 511 g/mol. The van der Waals surface area contributed by atoms with Crippen LogP contribution in [0, 0.1) is 11.3 Å². The summed E-state index contributed by atoms with van der Waals surface area (Å²) in [5.74, 6) is -0.574. The molecule has 29 heavy (non-hydrogen) atoms. The lowest BCUT2D eigenvalue weighted by molar-refractivity contribution is -0.138. The molecule has 0 spiro atoms. The van der Waals surface area contributed by atoms with Crippen LogP contribution in [0.3, 0.4) is 0 Å². The predicted molar refractivity (Wildman–Crippen MR) is 123 cm³/mol. The Morgan fingerprint density at radius 3 is 1.79 bits per heavy atom. The molecule has 0 atom stereocenters. The van der Waals surface area contributed by atoms with Gasteiger partial charge in [0.15, 0.2) is 0 Å². The van der Waals surface area contributed by atoms with Gasteiger partial charge in [-0.3, -0.25) is 0 Å². The average Bonchev–Trinajstić information content (AvgIpc) is 3.08. The zero-order valence-electron chi connectivity index (χ0n) is 15.9. The van der Waals surface area contributed by atoms with E-state index in [9.17, 15) is 10.1 Å². The number of nitriles is 1. The minimum Gasteiger partial charge on any atom is -0.462 e. The van der Waals surface area contributed by atoms with E-state index >= 15 is 0 Å². The van der Waals surface area contributed by atoms with Crippen molar-refractivity contribution in [1.29, 1.82) is 5.26 Å². The van der Waals surface area contributed by atoms with Crippen molar-refractivity contribution in [1.82, 2.24) is 0 Å². The number of hydrogen-bond donors (Lipinski definition) is 0. The third-order valence-corrected chi connectivity index (χ3v) is 5.63. The molecule has 0 N–H and O–H groups in total. The number of hydrogen-bond acceptors (Lipinski definition) is 3. The van der Waals surface area contributed by atoms with Crippen molar-refractivity contribution in [2.75, 3.05) is 6.61 Å². The SMILES string of the molecule is CCOC(=O)C(C#N)=C1C(=Cc2ccc(Br)cc2)CC/C1=C\c1ccc(Br)cc1. The molecule has 3 rings (SSSR count). The maximum Gasteiger partial charge on any atom is 0.349 e. The van der Waals surface area contributed by atoms with Crippen LogP contribution in [0.1, 0.15) is 30.9 Å². The van der Waals surface area contributed by atoms with Gasteiger partial charge in [-0.15, -0.1) is 0 Å². The molecule has 0 radical (unpaired) electrons.